The number of azo groups is 1. The molecule has 0 aliphatic heterocycles. The van der Waals surface area contributed by atoms with E-state index in [2.05, 4.69) is 52.3 Å². The molecule has 5 nitrogen and oxygen atoms in total. The van der Waals surface area contributed by atoms with E-state index in [-0.39, 0.29) is 0 Å². The molecule has 0 bridgehead atoms. The SMILES string of the molecule is CCCCCCCCCCCCCOc1ccc(N=Nc2ccc(OCCCCCCCCCCCC[n+]3ccccc3)cc2)cc1. The second-order valence-corrected chi connectivity index (χ2v) is 13.1. The highest BCUT2D eigenvalue weighted by Gasteiger charge is 2.00. The topological polar surface area (TPSA) is 47.1 Å². The molecule has 0 aliphatic carbocycles. The minimum Gasteiger partial charge on any atom is -0.494 e. The summed E-state index contributed by atoms with van der Waals surface area (Å²) < 4.78 is 14.2. The highest BCUT2D eigenvalue weighted by Crippen LogP contribution is 2.23. The predicted octanol–water partition coefficient (Wildman–Crippen LogP) is 13.1. The number of rotatable bonds is 29. The molecule has 0 amide bonds. The first-order valence-corrected chi connectivity index (χ1v) is 19.1. The number of ether oxygens (including phenoxy) is 2. The van der Waals surface area contributed by atoms with Gasteiger partial charge < -0.3 is 9.47 Å². The highest BCUT2D eigenvalue weighted by molar-refractivity contribution is 5.44. The van der Waals surface area contributed by atoms with Crippen LogP contribution in [0.4, 0.5) is 11.4 Å². The number of aryl methyl sites for hydroxylation is 1. The van der Waals surface area contributed by atoms with Crippen molar-refractivity contribution in [3.8, 4) is 11.5 Å². The summed E-state index contributed by atoms with van der Waals surface area (Å²) in [6.45, 7) is 4.97. The van der Waals surface area contributed by atoms with Crippen molar-refractivity contribution in [1.82, 2.24) is 0 Å². The zero-order chi connectivity index (χ0) is 32.9. The van der Waals surface area contributed by atoms with Crippen LogP contribution in [0.3, 0.4) is 0 Å². The van der Waals surface area contributed by atoms with Crippen molar-refractivity contribution in [2.24, 2.45) is 10.2 Å². The maximum absolute atomic E-state index is 5.95. The molecule has 5 heteroatoms. The van der Waals surface area contributed by atoms with Crippen LogP contribution in [0.25, 0.3) is 0 Å². The second kappa shape index (κ2) is 26.8. The Morgan fingerprint density at radius 1 is 0.426 bits per heavy atom. The number of pyridine rings is 1. The van der Waals surface area contributed by atoms with E-state index in [0.717, 1.165) is 55.5 Å². The van der Waals surface area contributed by atoms with Crippen molar-refractivity contribution >= 4 is 11.4 Å². The molecule has 0 radical (unpaired) electrons. The van der Waals surface area contributed by atoms with Gasteiger partial charge in [-0.15, -0.1) is 0 Å². The van der Waals surface area contributed by atoms with Crippen LogP contribution in [-0.4, -0.2) is 13.2 Å². The Hall–Kier alpha value is -3.21. The Morgan fingerprint density at radius 3 is 1.19 bits per heavy atom. The third-order valence-corrected chi connectivity index (χ3v) is 8.83. The van der Waals surface area contributed by atoms with Gasteiger partial charge in [0.2, 0.25) is 0 Å². The molecule has 0 fully saturated rings. The highest BCUT2D eigenvalue weighted by atomic mass is 16.5. The maximum Gasteiger partial charge on any atom is 0.168 e. The van der Waals surface area contributed by atoms with Crippen molar-refractivity contribution in [2.45, 2.75) is 148 Å². The number of unbranched alkanes of at least 4 members (excludes halogenated alkanes) is 19. The van der Waals surface area contributed by atoms with Crippen molar-refractivity contribution in [3.63, 3.8) is 0 Å². The zero-order valence-electron chi connectivity index (χ0n) is 29.6. The predicted molar refractivity (Wildman–Crippen MR) is 197 cm³/mol. The van der Waals surface area contributed by atoms with E-state index >= 15 is 0 Å². The minimum absolute atomic E-state index is 0.772. The molecular weight excluding hydrogens is 578 g/mol. The van der Waals surface area contributed by atoms with Crippen molar-refractivity contribution in [3.05, 3.63) is 79.1 Å². The molecule has 2 aromatic carbocycles. The van der Waals surface area contributed by atoms with Crippen LogP contribution in [0.15, 0.2) is 89.4 Å². The van der Waals surface area contributed by atoms with E-state index in [4.69, 9.17) is 9.47 Å². The molecule has 0 aliphatic rings. The minimum atomic E-state index is 0.772. The standard InChI is InChI=1S/C42H64N3O2/c1-2-3-4-5-6-7-9-12-15-18-24-37-46-41-30-26-39(27-31-41)43-44-40-28-32-42(33-29-40)47-38-25-19-16-13-10-8-11-14-17-21-34-45-35-22-20-23-36-45/h20,22-23,26-33,35-36H,2-19,21,24-25,34,37-38H2,1H3/q+1. The molecule has 3 aromatic rings. The van der Waals surface area contributed by atoms with Crippen LogP contribution < -0.4 is 14.0 Å². The largest absolute Gasteiger partial charge is 0.494 e. The smallest absolute Gasteiger partial charge is 0.168 e. The number of aromatic nitrogens is 1. The molecular formula is C42H64N3O2+. The Kier molecular flexibility index (Phi) is 21.8. The van der Waals surface area contributed by atoms with Gasteiger partial charge in [-0.05, 0) is 67.8 Å². The molecule has 3 rings (SSSR count). The van der Waals surface area contributed by atoms with Crippen LogP contribution in [0.2, 0.25) is 0 Å². The summed E-state index contributed by atoms with van der Waals surface area (Å²) in [6, 6.07) is 22.1. The lowest BCUT2D eigenvalue weighted by atomic mass is 10.1. The third-order valence-electron chi connectivity index (χ3n) is 8.83. The van der Waals surface area contributed by atoms with Gasteiger partial charge in [-0.3, -0.25) is 0 Å². The van der Waals surface area contributed by atoms with Gasteiger partial charge in [-0.25, -0.2) is 4.57 Å². The van der Waals surface area contributed by atoms with Gasteiger partial charge in [0, 0.05) is 18.6 Å². The first-order valence-electron chi connectivity index (χ1n) is 19.1. The number of hydrogen-bond donors (Lipinski definition) is 0. The lowest BCUT2D eigenvalue weighted by Crippen LogP contribution is -2.32. The fourth-order valence-corrected chi connectivity index (χ4v) is 5.87. The fraction of sp³-hybridized carbons (Fsp3) is 0.595. The summed E-state index contributed by atoms with van der Waals surface area (Å²) in [7, 11) is 0. The van der Waals surface area contributed by atoms with Crippen LogP contribution in [0, 0.1) is 0 Å². The summed E-state index contributed by atoms with van der Waals surface area (Å²) in [5, 5.41) is 8.78. The van der Waals surface area contributed by atoms with Gasteiger partial charge in [0.1, 0.15) is 18.0 Å². The summed E-state index contributed by atoms with van der Waals surface area (Å²) in [5.74, 6) is 1.80. The number of nitrogens with zero attached hydrogens (tertiary/aromatic N) is 3. The summed E-state index contributed by atoms with van der Waals surface area (Å²) in [4.78, 5) is 0. The quantitative estimate of drug-likeness (QED) is 0.0430. The van der Waals surface area contributed by atoms with Gasteiger partial charge >= 0.3 is 0 Å². The van der Waals surface area contributed by atoms with Gasteiger partial charge in [0.05, 0.1) is 24.6 Å². The Labute approximate surface area is 287 Å². The third kappa shape index (κ3) is 19.9. The van der Waals surface area contributed by atoms with Crippen LogP contribution >= 0.6 is 0 Å². The van der Waals surface area contributed by atoms with Gasteiger partial charge in [0.15, 0.2) is 12.4 Å². The first-order chi connectivity index (χ1) is 23.3. The Bertz CT molecular complexity index is 1150. The molecule has 1 heterocycles. The lowest BCUT2D eigenvalue weighted by molar-refractivity contribution is -0.697. The van der Waals surface area contributed by atoms with Gasteiger partial charge in [-0.2, -0.15) is 10.2 Å². The molecule has 47 heavy (non-hydrogen) atoms. The Balaban J connectivity index is 1.12. The van der Waals surface area contributed by atoms with E-state index in [1.165, 1.54) is 122 Å². The van der Waals surface area contributed by atoms with Gasteiger partial charge in [-0.1, -0.05) is 122 Å². The van der Waals surface area contributed by atoms with Gasteiger partial charge in [0.25, 0.3) is 0 Å². The fourth-order valence-electron chi connectivity index (χ4n) is 5.87. The van der Waals surface area contributed by atoms with Crippen LogP contribution in [0.5, 0.6) is 11.5 Å². The van der Waals surface area contributed by atoms with E-state index in [0.29, 0.717) is 0 Å². The van der Waals surface area contributed by atoms with E-state index in [1.54, 1.807) is 0 Å². The molecule has 0 saturated carbocycles. The molecule has 0 atom stereocenters. The second-order valence-electron chi connectivity index (χ2n) is 13.1. The molecule has 1 aromatic heterocycles. The Morgan fingerprint density at radius 2 is 0.787 bits per heavy atom. The average molecular weight is 643 g/mol. The van der Waals surface area contributed by atoms with Crippen LogP contribution in [-0.2, 0) is 6.54 Å². The first kappa shape index (κ1) is 38.2. The summed E-state index contributed by atoms with van der Waals surface area (Å²) in [6.07, 6.45) is 32.2. The monoisotopic (exact) mass is 642 g/mol. The van der Waals surface area contributed by atoms with E-state index in [1.807, 2.05) is 48.5 Å². The zero-order valence-corrected chi connectivity index (χ0v) is 29.6. The molecule has 0 spiro atoms. The summed E-state index contributed by atoms with van der Waals surface area (Å²) >= 11 is 0. The van der Waals surface area contributed by atoms with Crippen molar-refractivity contribution in [1.29, 1.82) is 0 Å². The van der Waals surface area contributed by atoms with Crippen molar-refractivity contribution in [2.75, 3.05) is 13.2 Å². The molecule has 0 N–H and O–H groups in total. The molecule has 0 saturated heterocycles. The van der Waals surface area contributed by atoms with E-state index in [9.17, 15) is 0 Å². The van der Waals surface area contributed by atoms with Crippen molar-refractivity contribution < 1.29 is 14.0 Å². The number of hydrogen-bond acceptors (Lipinski definition) is 4. The van der Waals surface area contributed by atoms with Crippen LogP contribution in [0.1, 0.15) is 142 Å². The summed E-state index contributed by atoms with van der Waals surface area (Å²) in [5.41, 5.74) is 1.65. The normalized spacial score (nSPS) is 11.3. The maximum atomic E-state index is 5.95. The molecule has 258 valence electrons. The average Bonchev–Trinajstić information content (AvgIpc) is 3.11. The lowest BCUT2D eigenvalue weighted by Gasteiger charge is -2.07. The van der Waals surface area contributed by atoms with E-state index < -0.39 is 0 Å². The number of benzene rings is 2. The molecule has 0 unspecified atom stereocenters.